The van der Waals surface area contributed by atoms with Crippen LogP contribution in [0.25, 0.3) is 23.3 Å². The highest BCUT2D eigenvalue weighted by Gasteiger charge is 2.26. The molecular formula is C44H42O10. The van der Waals surface area contributed by atoms with Gasteiger partial charge in [-0.1, -0.05) is 56.5 Å². The van der Waals surface area contributed by atoms with Gasteiger partial charge in [-0.25, -0.2) is 14.4 Å². The van der Waals surface area contributed by atoms with Crippen molar-refractivity contribution in [2.24, 2.45) is 0 Å². The van der Waals surface area contributed by atoms with E-state index in [0.29, 0.717) is 43.3 Å². The molecule has 10 nitrogen and oxygen atoms in total. The first-order chi connectivity index (χ1) is 26.3. The Balaban J connectivity index is 1.04. The molecule has 0 fully saturated rings. The van der Waals surface area contributed by atoms with Crippen molar-refractivity contribution in [3.63, 3.8) is 0 Å². The molecule has 0 N–H and O–H groups in total. The van der Waals surface area contributed by atoms with Crippen molar-refractivity contribution in [3.8, 4) is 34.1 Å². The quantitative estimate of drug-likeness (QED) is 0.0219. The summed E-state index contributed by atoms with van der Waals surface area (Å²) in [6.07, 6.45) is 9.88. The van der Waals surface area contributed by atoms with Gasteiger partial charge in [-0.15, -0.1) is 0 Å². The van der Waals surface area contributed by atoms with E-state index in [1.165, 1.54) is 6.08 Å². The lowest BCUT2D eigenvalue weighted by Crippen LogP contribution is -2.06. The number of fused-ring (bicyclic) bond motifs is 3. The van der Waals surface area contributed by atoms with Gasteiger partial charge in [0.15, 0.2) is 0 Å². The zero-order valence-electron chi connectivity index (χ0n) is 30.1. The fourth-order valence-corrected chi connectivity index (χ4v) is 5.50. The minimum absolute atomic E-state index is 0.0381. The summed E-state index contributed by atoms with van der Waals surface area (Å²) in [5, 5.41) is 0. The molecule has 0 aliphatic heterocycles. The predicted molar refractivity (Wildman–Crippen MR) is 205 cm³/mol. The molecule has 10 heteroatoms. The molecule has 0 heterocycles. The van der Waals surface area contributed by atoms with Crippen LogP contribution in [0.5, 0.6) is 23.0 Å². The first-order valence-electron chi connectivity index (χ1n) is 17.5. The Morgan fingerprint density at radius 2 is 1.09 bits per heavy atom. The second-order valence-corrected chi connectivity index (χ2v) is 12.0. The molecule has 0 saturated carbocycles. The van der Waals surface area contributed by atoms with Crippen molar-refractivity contribution >= 4 is 30.1 Å². The summed E-state index contributed by atoms with van der Waals surface area (Å²) in [4.78, 5) is 34.8. The number of hydrogen-bond donors (Lipinski definition) is 0. The highest BCUT2D eigenvalue weighted by atomic mass is 16.7. The summed E-state index contributed by atoms with van der Waals surface area (Å²) in [7, 11) is 0. The largest absolute Gasteiger partial charge is 0.493 e. The Labute approximate surface area is 314 Å². The zero-order valence-corrected chi connectivity index (χ0v) is 30.1. The summed E-state index contributed by atoms with van der Waals surface area (Å²) in [6.45, 7) is 10.2. The molecule has 4 aromatic carbocycles. The number of carbonyl (C=O) groups is 3. The van der Waals surface area contributed by atoms with Crippen molar-refractivity contribution in [2.75, 3.05) is 33.2 Å². The fourth-order valence-electron chi connectivity index (χ4n) is 5.50. The van der Waals surface area contributed by atoms with E-state index in [1.807, 2.05) is 72.8 Å². The van der Waals surface area contributed by atoms with Gasteiger partial charge in [-0.3, -0.25) is 0 Å². The maximum atomic E-state index is 12.7. The second-order valence-electron chi connectivity index (χ2n) is 12.0. The van der Waals surface area contributed by atoms with E-state index in [4.69, 9.17) is 33.2 Å². The van der Waals surface area contributed by atoms with Crippen LogP contribution < -0.4 is 18.9 Å². The highest BCUT2D eigenvalue weighted by molar-refractivity contribution is 5.89. The van der Waals surface area contributed by atoms with Crippen molar-refractivity contribution in [1.29, 1.82) is 0 Å². The third-order valence-corrected chi connectivity index (χ3v) is 8.25. The predicted octanol–water partition coefficient (Wildman–Crippen LogP) is 8.46. The number of esters is 3. The van der Waals surface area contributed by atoms with Crippen LogP contribution >= 0.6 is 0 Å². The van der Waals surface area contributed by atoms with Crippen LogP contribution in [-0.4, -0.2) is 51.1 Å². The molecule has 0 amide bonds. The van der Waals surface area contributed by atoms with Gasteiger partial charge in [0, 0.05) is 37.0 Å². The molecule has 0 radical (unpaired) electrons. The molecule has 0 aromatic heterocycles. The average Bonchev–Trinajstić information content (AvgIpc) is 3.47. The van der Waals surface area contributed by atoms with E-state index in [0.717, 1.165) is 51.3 Å². The Hall–Kier alpha value is -6.55. The molecule has 1 aliphatic rings. The van der Waals surface area contributed by atoms with E-state index in [9.17, 15) is 14.4 Å². The van der Waals surface area contributed by atoms with Crippen molar-refractivity contribution < 1.29 is 47.5 Å². The topological polar surface area (TPSA) is 116 Å². The molecule has 1 aliphatic carbocycles. The summed E-state index contributed by atoms with van der Waals surface area (Å²) >= 11 is 0. The normalized spacial score (nSPS) is 12.7. The van der Waals surface area contributed by atoms with Gasteiger partial charge < -0.3 is 33.2 Å². The van der Waals surface area contributed by atoms with Gasteiger partial charge >= 0.3 is 17.9 Å². The maximum Gasteiger partial charge on any atom is 0.336 e. The lowest BCUT2D eigenvalue weighted by atomic mass is 9.99. The van der Waals surface area contributed by atoms with Crippen LogP contribution in [0.2, 0.25) is 0 Å². The van der Waals surface area contributed by atoms with E-state index in [1.54, 1.807) is 30.5 Å². The van der Waals surface area contributed by atoms with E-state index in [-0.39, 0.29) is 25.9 Å². The molecule has 0 saturated heterocycles. The lowest BCUT2D eigenvalue weighted by Gasteiger charge is -2.10. The maximum absolute atomic E-state index is 12.7. The number of ether oxygens (including phenoxy) is 7. The number of rotatable bonds is 20. The standard InChI is InChI=1S/C44H42O10/c1-4-42(45)51-25-6-23-49-34-13-8-32(9-14-34)12-21-44(47)54-37-18-20-39-38-19-17-36(28-40(38)31(3)41(39)29-37)53-30-48-27-22-33-10-15-35(16-11-33)50-24-7-26-52-43(46)5-2/h4-5,8-22,27-29,31H,1-2,6-7,23-26,30H2,3H3. The summed E-state index contributed by atoms with van der Waals surface area (Å²) in [5.41, 5.74) is 6.12. The average molecular weight is 731 g/mol. The third-order valence-electron chi connectivity index (χ3n) is 8.25. The molecule has 1 atom stereocenters. The van der Waals surface area contributed by atoms with Gasteiger partial charge in [-0.05, 0) is 94.1 Å². The summed E-state index contributed by atoms with van der Waals surface area (Å²) in [6, 6.07) is 26.5. The molecule has 0 bridgehead atoms. The number of benzene rings is 4. The van der Waals surface area contributed by atoms with Crippen LogP contribution in [0.1, 0.15) is 47.9 Å². The molecule has 4 aromatic rings. The van der Waals surface area contributed by atoms with Crippen molar-refractivity contribution in [2.45, 2.75) is 25.7 Å². The van der Waals surface area contributed by atoms with Crippen LogP contribution in [0.15, 0.2) is 123 Å². The lowest BCUT2D eigenvalue weighted by molar-refractivity contribution is -0.138. The van der Waals surface area contributed by atoms with Crippen LogP contribution in [0, 0.1) is 0 Å². The first-order valence-corrected chi connectivity index (χ1v) is 17.5. The molecule has 1 unspecified atom stereocenters. The Kier molecular flexibility index (Phi) is 14.2. The first kappa shape index (κ1) is 38.7. The van der Waals surface area contributed by atoms with Gasteiger partial charge in [0.05, 0.1) is 32.7 Å². The highest BCUT2D eigenvalue weighted by Crippen LogP contribution is 2.47. The molecular weight excluding hydrogens is 688 g/mol. The molecule has 0 spiro atoms. The van der Waals surface area contributed by atoms with Crippen molar-refractivity contribution in [1.82, 2.24) is 0 Å². The second kappa shape index (κ2) is 19.9. The minimum Gasteiger partial charge on any atom is -0.493 e. The molecule has 54 heavy (non-hydrogen) atoms. The van der Waals surface area contributed by atoms with Gasteiger partial charge in [0.2, 0.25) is 6.79 Å². The van der Waals surface area contributed by atoms with Crippen molar-refractivity contribution in [3.05, 3.63) is 145 Å². The minimum atomic E-state index is -0.485. The number of hydrogen-bond acceptors (Lipinski definition) is 10. The van der Waals surface area contributed by atoms with E-state index >= 15 is 0 Å². The molecule has 5 rings (SSSR count). The van der Waals surface area contributed by atoms with Crippen LogP contribution in [0.3, 0.4) is 0 Å². The summed E-state index contributed by atoms with van der Waals surface area (Å²) in [5.74, 6) is 1.23. The van der Waals surface area contributed by atoms with Crippen LogP contribution in [-0.2, 0) is 28.6 Å². The van der Waals surface area contributed by atoms with E-state index in [2.05, 4.69) is 20.1 Å². The van der Waals surface area contributed by atoms with E-state index < -0.39 is 17.9 Å². The summed E-state index contributed by atoms with van der Waals surface area (Å²) < 4.78 is 38.3. The Morgan fingerprint density at radius 1 is 0.593 bits per heavy atom. The number of carbonyl (C=O) groups excluding carboxylic acids is 3. The Morgan fingerprint density at radius 3 is 1.65 bits per heavy atom. The van der Waals surface area contributed by atoms with Gasteiger partial charge in [-0.2, -0.15) is 0 Å². The van der Waals surface area contributed by atoms with Crippen LogP contribution in [0.4, 0.5) is 0 Å². The molecule has 278 valence electrons. The SMILES string of the molecule is C=CC(=O)OCCCOc1ccc(C=COCOc2ccc3c(c2)C(C)c2cc(OC(=O)C=Cc4ccc(OCCCOC(=O)C=C)cc4)ccc2-3)cc1. The Bertz CT molecular complexity index is 1980. The fraction of sp³-hybridized carbons (Fsp3) is 0.205. The zero-order chi connectivity index (χ0) is 38.1. The third kappa shape index (κ3) is 11.5. The monoisotopic (exact) mass is 730 g/mol. The van der Waals surface area contributed by atoms with Gasteiger partial charge in [0.25, 0.3) is 0 Å². The van der Waals surface area contributed by atoms with Gasteiger partial charge in [0.1, 0.15) is 23.0 Å². The smallest absolute Gasteiger partial charge is 0.336 e.